The van der Waals surface area contributed by atoms with Crippen LogP contribution in [-0.2, 0) is 16.1 Å². The molecule has 2 amide bonds. The summed E-state index contributed by atoms with van der Waals surface area (Å²) >= 11 is 0. The second-order valence-corrected chi connectivity index (χ2v) is 6.91. The van der Waals surface area contributed by atoms with Gasteiger partial charge in [0.15, 0.2) is 5.69 Å². The number of amides is 2. The molecule has 1 fully saturated rings. The quantitative estimate of drug-likeness (QED) is 0.667. The van der Waals surface area contributed by atoms with Gasteiger partial charge >= 0.3 is 5.97 Å². The van der Waals surface area contributed by atoms with Crippen molar-refractivity contribution >= 4 is 39.9 Å². The fourth-order valence-electron chi connectivity index (χ4n) is 3.48. The number of benzene rings is 2. The average molecular weight is 406 g/mol. The van der Waals surface area contributed by atoms with E-state index in [1.807, 2.05) is 0 Å². The van der Waals surface area contributed by atoms with Crippen molar-refractivity contribution in [2.45, 2.75) is 19.4 Å². The van der Waals surface area contributed by atoms with Crippen LogP contribution in [-0.4, -0.2) is 39.2 Å². The van der Waals surface area contributed by atoms with Crippen LogP contribution in [0.15, 0.2) is 53.3 Å². The number of anilines is 2. The number of carbonyl (C=O) groups excluding carboxylic acids is 2. The Morgan fingerprint density at radius 1 is 1.03 bits per heavy atom. The van der Waals surface area contributed by atoms with Gasteiger partial charge in [0.2, 0.25) is 11.8 Å². The number of carbonyl (C=O) groups is 3. The van der Waals surface area contributed by atoms with Crippen molar-refractivity contribution in [2.75, 3.05) is 16.8 Å². The molecule has 0 atom stereocenters. The summed E-state index contributed by atoms with van der Waals surface area (Å²) in [5, 5.41) is 16.3. The Balaban J connectivity index is 1.54. The molecule has 0 radical (unpaired) electrons. The summed E-state index contributed by atoms with van der Waals surface area (Å²) < 4.78 is 0.846. The molecule has 30 heavy (non-hydrogen) atoms. The van der Waals surface area contributed by atoms with Crippen molar-refractivity contribution in [3.05, 3.63) is 64.6 Å². The first-order valence-electron chi connectivity index (χ1n) is 9.37. The first-order valence-corrected chi connectivity index (χ1v) is 9.37. The van der Waals surface area contributed by atoms with Crippen LogP contribution in [0, 0.1) is 0 Å². The van der Waals surface area contributed by atoms with Gasteiger partial charge in [0.1, 0.15) is 6.54 Å². The SMILES string of the molecule is O=C(Cn1nc(C(=O)O)c2ccccc2c1=O)Nc1ccc(N2CCCC2=O)cc1. The highest BCUT2D eigenvalue weighted by molar-refractivity contribution is 6.01. The fourth-order valence-corrected chi connectivity index (χ4v) is 3.48. The van der Waals surface area contributed by atoms with Gasteiger partial charge in [0.05, 0.1) is 5.39 Å². The lowest BCUT2D eigenvalue weighted by Gasteiger charge is -2.16. The van der Waals surface area contributed by atoms with Crippen LogP contribution in [0.1, 0.15) is 23.3 Å². The van der Waals surface area contributed by atoms with Crippen molar-refractivity contribution in [1.82, 2.24) is 9.78 Å². The third kappa shape index (κ3) is 3.64. The van der Waals surface area contributed by atoms with Gasteiger partial charge < -0.3 is 15.3 Å². The van der Waals surface area contributed by atoms with Crippen LogP contribution < -0.4 is 15.8 Å². The Kier molecular flexibility index (Phi) is 5.01. The molecule has 9 heteroatoms. The molecular formula is C21H18N4O5. The molecule has 0 saturated carbocycles. The molecule has 4 rings (SSSR count). The molecule has 0 spiro atoms. The van der Waals surface area contributed by atoms with Gasteiger partial charge in [-0.2, -0.15) is 5.10 Å². The maximum atomic E-state index is 12.6. The van der Waals surface area contributed by atoms with E-state index in [-0.39, 0.29) is 22.4 Å². The zero-order valence-electron chi connectivity index (χ0n) is 15.9. The zero-order valence-corrected chi connectivity index (χ0v) is 15.9. The maximum Gasteiger partial charge on any atom is 0.357 e. The van der Waals surface area contributed by atoms with E-state index >= 15 is 0 Å². The molecule has 2 aromatic carbocycles. The predicted octanol–water partition coefficient (Wildman–Crippen LogP) is 1.86. The molecule has 1 aliphatic heterocycles. The van der Waals surface area contributed by atoms with Crippen molar-refractivity contribution in [3.8, 4) is 0 Å². The van der Waals surface area contributed by atoms with E-state index in [1.54, 1.807) is 41.3 Å². The average Bonchev–Trinajstić information content (AvgIpc) is 3.16. The molecule has 0 bridgehead atoms. The molecule has 1 aliphatic rings. The second kappa shape index (κ2) is 7.78. The number of aromatic carboxylic acids is 1. The van der Waals surface area contributed by atoms with E-state index in [4.69, 9.17) is 0 Å². The smallest absolute Gasteiger partial charge is 0.357 e. The number of fused-ring (bicyclic) bond motifs is 1. The molecule has 2 heterocycles. The van der Waals surface area contributed by atoms with Crippen LogP contribution in [0.25, 0.3) is 10.8 Å². The van der Waals surface area contributed by atoms with Crippen LogP contribution in [0.3, 0.4) is 0 Å². The Morgan fingerprint density at radius 3 is 2.37 bits per heavy atom. The van der Waals surface area contributed by atoms with E-state index < -0.39 is 24.0 Å². The normalized spacial score (nSPS) is 13.6. The third-order valence-electron chi connectivity index (χ3n) is 4.90. The Morgan fingerprint density at radius 2 is 1.73 bits per heavy atom. The number of aromatic nitrogens is 2. The van der Waals surface area contributed by atoms with Crippen LogP contribution >= 0.6 is 0 Å². The number of rotatable bonds is 5. The van der Waals surface area contributed by atoms with Crippen LogP contribution in [0.5, 0.6) is 0 Å². The van der Waals surface area contributed by atoms with Crippen molar-refractivity contribution < 1.29 is 19.5 Å². The minimum atomic E-state index is -1.28. The molecule has 9 nitrogen and oxygen atoms in total. The summed E-state index contributed by atoms with van der Waals surface area (Å²) in [7, 11) is 0. The highest BCUT2D eigenvalue weighted by Crippen LogP contribution is 2.23. The Bertz CT molecular complexity index is 1220. The molecule has 1 saturated heterocycles. The Labute approximate surface area is 170 Å². The van der Waals surface area contributed by atoms with E-state index in [2.05, 4.69) is 10.4 Å². The van der Waals surface area contributed by atoms with E-state index in [0.717, 1.165) is 16.8 Å². The van der Waals surface area contributed by atoms with Crippen LogP contribution in [0.4, 0.5) is 11.4 Å². The lowest BCUT2D eigenvalue weighted by Crippen LogP contribution is -2.31. The van der Waals surface area contributed by atoms with Crippen molar-refractivity contribution in [3.63, 3.8) is 0 Å². The number of hydrogen-bond donors (Lipinski definition) is 2. The summed E-state index contributed by atoms with van der Waals surface area (Å²) in [6.07, 6.45) is 1.35. The molecule has 3 aromatic rings. The van der Waals surface area contributed by atoms with Gasteiger partial charge in [0.25, 0.3) is 5.56 Å². The third-order valence-corrected chi connectivity index (χ3v) is 4.90. The van der Waals surface area contributed by atoms with E-state index in [0.29, 0.717) is 18.7 Å². The highest BCUT2D eigenvalue weighted by atomic mass is 16.4. The molecular weight excluding hydrogens is 388 g/mol. The standard InChI is InChI=1S/C21H18N4O5/c26-17(22-13-7-9-14(10-8-13)24-11-3-6-18(24)27)12-25-20(28)16-5-2-1-4-15(16)19(23-25)21(29)30/h1-2,4-5,7-10H,3,6,11-12H2,(H,22,26)(H,29,30). The number of nitrogens with one attached hydrogen (secondary N) is 1. The monoisotopic (exact) mass is 406 g/mol. The van der Waals surface area contributed by atoms with Gasteiger partial charge in [-0.05, 0) is 36.8 Å². The topological polar surface area (TPSA) is 122 Å². The first-order chi connectivity index (χ1) is 14.4. The van der Waals surface area contributed by atoms with E-state index in [9.17, 15) is 24.3 Å². The van der Waals surface area contributed by atoms with Gasteiger partial charge in [-0.15, -0.1) is 0 Å². The largest absolute Gasteiger partial charge is 0.476 e. The summed E-state index contributed by atoms with van der Waals surface area (Å²) in [6.45, 7) is 0.239. The summed E-state index contributed by atoms with van der Waals surface area (Å²) in [6, 6.07) is 13.0. The zero-order chi connectivity index (χ0) is 21.3. The molecule has 0 aliphatic carbocycles. The van der Waals surface area contributed by atoms with Crippen molar-refractivity contribution in [2.24, 2.45) is 0 Å². The summed E-state index contributed by atoms with van der Waals surface area (Å²) in [4.78, 5) is 50.0. The summed E-state index contributed by atoms with van der Waals surface area (Å²) in [5.41, 5.74) is 0.406. The lowest BCUT2D eigenvalue weighted by molar-refractivity contribution is -0.117. The van der Waals surface area contributed by atoms with Crippen molar-refractivity contribution in [1.29, 1.82) is 0 Å². The molecule has 2 N–H and O–H groups in total. The Hall–Kier alpha value is -4.01. The number of hydrogen-bond acceptors (Lipinski definition) is 5. The maximum absolute atomic E-state index is 12.6. The predicted molar refractivity (Wildman–Crippen MR) is 110 cm³/mol. The second-order valence-electron chi connectivity index (χ2n) is 6.91. The van der Waals surface area contributed by atoms with Gasteiger partial charge in [0, 0.05) is 29.7 Å². The molecule has 0 unspecified atom stereocenters. The lowest BCUT2D eigenvalue weighted by atomic mass is 10.1. The van der Waals surface area contributed by atoms with Crippen LogP contribution in [0.2, 0.25) is 0 Å². The van der Waals surface area contributed by atoms with Gasteiger partial charge in [-0.3, -0.25) is 14.4 Å². The number of carboxylic acid groups (broad SMARTS) is 1. The van der Waals surface area contributed by atoms with E-state index in [1.165, 1.54) is 12.1 Å². The first kappa shape index (κ1) is 19.3. The molecule has 1 aromatic heterocycles. The minimum absolute atomic E-state index is 0.0720. The number of nitrogens with zero attached hydrogens (tertiary/aromatic N) is 3. The highest BCUT2D eigenvalue weighted by Gasteiger charge is 2.21. The number of carboxylic acids is 1. The minimum Gasteiger partial charge on any atom is -0.476 e. The summed E-state index contributed by atoms with van der Waals surface area (Å²) in [5.74, 6) is -1.74. The van der Waals surface area contributed by atoms with Gasteiger partial charge in [-0.25, -0.2) is 9.48 Å². The molecule has 152 valence electrons. The fraction of sp³-hybridized carbons (Fsp3) is 0.190. The van der Waals surface area contributed by atoms with Gasteiger partial charge in [-0.1, -0.05) is 18.2 Å².